The van der Waals surface area contributed by atoms with E-state index in [-0.39, 0.29) is 0 Å². The minimum Gasteiger partial charge on any atom is -0.489 e. The summed E-state index contributed by atoms with van der Waals surface area (Å²) in [5.41, 5.74) is 1.70. The van der Waals surface area contributed by atoms with Gasteiger partial charge in [0.1, 0.15) is 17.3 Å². The van der Waals surface area contributed by atoms with E-state index in [1.807, 2.05) is 30.3 Å². The van der Waals surface area contributed by atoms with Crippen molar-refractivity contribution in [2.24, 2.45) is 0 Å². The van der Waals surface area contributed by atoms with E-state index in [4.69, 9.17) is 44.9 Å². The Bertz CT molecular complexity index is 762. The van der Waals surface area contributed by atoms with Crippen molar-refractivity contribution in [1.29, 1.82) is 0 Å². The first-order chi connectivity index (χ1) is 13.1. The lowest BCUT2D eigenvalue weighted by Gasteiger charge is -2.26. The van der Waals surface area contributed by atoms with E-state index < -0.39 is 0 Å². The molecule has 1 aliphatic heterocycles. The lowest BCUT2D eigenvalue weighted by molar-refractivity contribution is 0.0389. The molecular weight excluding hydrogens is 403 g/mol. The van der Waals surface area contributed by atoms with E-state index in [2.05, 4.69) is 10.2 Å². The summed E-state index contributed by atoms with van der Waals surface area (Å²) in [7, 11) is 0. The zero-order valence-corrected chi connectivity index (χ0v) is 17.2. The summed E-state index contributed by atoms with van der Waals surface area (Å²) in [5.74, 6) is 0.723. The first-order valence-corrected chi connectivity index (χ1v) is 10.0. The van der Waals surface area contributed by atoms with Gasteiger partial charge >= 0.3 is 0 Å². The predicted molar refractivity (Wildman–Crippen MR) is 114 cm³/mol. The van der Waals surface area contributed by atoms with Gasteiger partial charge in [0.2, 0.25) is 0 Å². The van der Waals surface area contributed by atoms with Gasteiger partial charge in [0.25, 0.3) is 0 Å². The summed E-state index contributed by atoms with van der Waals surface area (Å²) < 4.78 is 11.2. The van der Waals surface area contributed by atoms with Gasteiger partial charge in [0.05, 0.1) is 13.2 Å². The van der Waals surface area contributed by atoms with Crippen molar-refractivity contribution in [2.75, 3.05) is 39.4 Å². The van der Waals surface area contributed by atoms with Crippen LogP contribution in [0.4, 0.5) is 0 Å². The van der Waals surface area contributed by atoms with Crippen LogP contribution in [-0.2, 0) is 11.3 Å². The highest BCUT2D eigenvalue weighted by molar-refractivity contribution is 7.80. The van der Waals surface area contributed by atoms with Crippen LogP contribution in [0, 0.1) is 0 Å². The maximum absolute atomic E-state index is 6.19. The number of morpholine rings is 1. The van der Waals surface area contributed by atoms with E-state index in [0.29, 0.717) is 21.6 Å². The zero-order valence-electron chi connectivity index (χ0n) is 14.9. The number of hydrogen-bond acceptors (Lipinski definition) is 4. The molecule has 0 atom stereocenters. The average Bonchev–Trinajstić information content (AvgIpc) is 2.68. The highest BCUT2D eigenvalue weighted by Crippen LogP contribution is 2.26. The molecule has 2 aromatic rings. The van der Waals surface area contributed by atoms with Crippen LogP contribution in [0.15, 0.2) is 42.5 Å². The summed E-state index contributed by atoms with van der Waals surface area (Å²) in [6.07, 6.45) is 0. The SMILES string of the molecule is S=C(NCCN1CCOCC1)c1cccc(OCc2c(Cl)cccc2Cl)c1. The molecule has 0 amide bonds. The highest BCUT2D eigenvalue weighted by atomic mass is 35.5. The average molecular weight is 425 g/mol. The zero-order chi connectivity index (χ0) is 19.1. The molecular formula is C20H22Cl2N2O2S. The van der Waals surface area contributed by atoms with Crippen molar-refractivity contribution in [3.8, 4) is 5.75 Å². The number of nitrogens with one attached hydrogen (secondary N) is 1. The monoisotopic (exact) mass is 424 g/mol. The van der Waals surface area contributed by atoms with E-state index in [9.17, 15) is 0 Å². The summed E-state index contributed by atoms with van der Waals surface area (Å²) >= 11 is 17.9. The molecule has 1 aliphatic rings. The molecule has 1 N–H and O–H groups in total. The molecule has 0 bridgehead atoms. The molecule has 0 radical (unpaired) electrons. The van der Waals surface area contributed by atoms with Crippen molar-refractivity contribution < 1.29 is 9.47 Å². The number of hydrogen-bond donors (Lipinski definition) is 1. The van der Waals surface area contributed by atoms with E-state index in [1.54, 1.807) is 12.1 Å². The summed E-state index contributed by atoms with van der Waals surface area (Å²) in [4.78, 5) is 3.08. The topological polar surface area (TPSA) is 33.7 Å². The third-order valence-corrected chi connectivity index (χ3v) is 5.45. The van der Waals surface area contributed by atoms with Crippen molar-refractivity contribution in [3.05, 3.63) is 63.6 Å². The van der Waals surface area contributed by atoms with Gasteiger partial charge in [-0.25, -0.2) is 0 Å². The van der Waals surface area contributed by atoms with Crippen LogP contribution in [0.1, 0.15) is 11.1 Å². The molecule has 27 heavy (non-hydrogen) atoms. The van der Waals surface area contributed by atoms with Crippen LogP contribution in [0.2, 0.25) is 10.0 Å². The van der Waals surface area contributed by atoms with Crippen molar-refractivity contribution in [2.45, 2.75) is 6.61 Å². The normalized spacial score (nSPS) is 14.7. The summed E-state index contributed by atoms with van der Waals surface area (Å²) in [6, 6.07) is 13.1. The van der Waals surface area contributed by atoms with Crippen LogP contribution < -0.4 is 10.1 Å². The molecule has 0 aliphatic carbocycles. The molecule has 4 nitrogen and oxygen atoms in total. The summed E-state index contributed by atoms with van der Waals surface area (Å²) in [6.45, 7) is 5.62. The molecule has 0 unspecified atom stereocenters. The second-order valence-corrected chi connectivity index (χ2v) is 7.45. The number of halogens is 2. The Kier molecular flexibility index (Phi) is 7.73. The third-order valence-electron chi connectivity index (χ3n) is 4.36. The predicted octanol–water partition coefficient (Wildman–Crippen LogP) is 4.17. The van der Waals surface area contributed by atoms with Gasteiger partial charge < -0.3 is 14.8 Å². The van der Waals surface area contributed by atoms with Gasteiger partial charge in [-0.3, -0.25) is 4.90 Å². The number of ether oxygens (including phenoxy) is 2. The molecule has 144 valence electrons. The fraction of sp³-hybridized carbons (Fsp3) is 0.350. The lowest BCUT2D eigenvalue weighted by Crippen LogP contribution is -2.41. The Morgan fingerprint density at radius 1 is 1.11 bits per heavy atom. The van der Waals surface area contributed by atoms with Gasteiger partial charge in [-0.1, -0.05) is 53.6 Å². The molecule has 1 fully saturated rings. The first kappa shape index (κ1) is 20.4. The van der Waals surface area contributed by atoms with E-state index >= 15 is 0 Å². The molecule has 0 saturated carbocycles. The Hall–Kier alpha value is -1.37. The van der Waals surface area contributed by atoms with Gasteiger partial charge in [0.15, 0.2) is 0 Å². The molecule has 2 aromatic carbocycles. The van der Waals surface area contributed by atoms with Crippen LogP contribution in [0.5, 0.6) is 5.75 Å². The summed E-state index contributed by atoms with van der Waals surface area (Å²) in [5, 5.41) is 4.51. The minimum absolute atomic E-state index is 0.305. The number of rotatable bonds is 7. The quantitative estimate of drug-likeness (QED) is 0.674. The largest absolute Gasteiger partial charge is 0.489 e. The van der Waals surface area contributed by atoms with Crippen molar-refractivity contribution in [3.63, 3.8) is 0 Å². The van der Waals surface area contributed by atoms with E-state index in [1.165, 1.54) is 0 Å². The van der Waals surface area contributed by atoms with Crippen molar-refractivity contribution >= 4 is 40.4 Å². The minimum atomic E-state index is 0.305. The standard InChI is InChI=1S/C20H22Cl2N2O2S/c21-18-5-2-6-19(22)17(18)14-26-16-4-1-3-15(13-16)20(27)23-7-8-24-9-11-25-12-10-24/h1-6,13H,7-12,14H2,(H,23,27). The molecule has 0 spiro atoms. The fourth-order valence-corrected chi connectivity index (χ4v) is 3.54. The molecule has 1 heterocycles. The van der Waals surface area contributed by atoms with Crippen LogP contribution in [0.25, 0.3) is 0 Å². The number of benzene rings is 2. The lowest BCUT2D eigenvalue weighted by atomic mass is 10.2. The third kappa shape index (κ3) is 6.06. The number of thiocarbonyl (C=S) groups is 1. The smallest absolute Gasteiger partial charge is 0.120 e. The van der Waals surface area contributed by atoms with Crippen molar-refractivity contribution in [1.82, 2.24) is 10.2 Å². The Morgan fingerprint density at radius 3 is 2.56 bits per heavy atom. The second-order valence-electron chi connectivity index (χ2n) is 6.23. The van der Waals surface area contributed by atoms with Gasteiger partial charge in [0, 0.05) is 47.4 Å². The maximum atomic E-state index is 6.19. The van der Waals surface area contributed by atoms with Gasteiger partial charge in [-0.2, -0.15) is 0 Å². The molecule has 7 heteroatoms. The van der Waals surface area contributed by atoms with Crippen LogP contribution in [-0.4, -0.2) is 49.3 Å². The molecule has 1 saturated heterocycles. The Morgan fingerprint density at radius 2 is 1.81 bits per heavy atom. The van der Waals surface area contributed by atoms with E-state index in [0.717, 1.165) is 56.3 Å². The molecule has 0 aromatic heterocycles. The highest BCUT2D eigenvalue weighted by Gasteiger charge is 2.10. The number of nitrogens with zero attached hydrogens (tertiary/aromatic N) is 1. The van der Waals surface area contributed by atoms with Gasteiger partial charge in [-0.15, -0.1) is 0 Å². The second kappa shape index (κ2) is 10.2. The fourth-order valence-electron chi connectivity index (χ4n) is 2.81. The first-order valence-electron chi connectivity index (χ1n) is 8.87. The maximum Gasteiger partial charge on any atom is 0.120 e. The van der Waals surface area contributed by atoms with Gasteiger partial charge in [-0.05, 0) is 24.3 Å². The molecule has 3 rings (SSSR count). The van der Waals surface area contributed by atoms with Crippen LogP contribution in [0.3, 0.4) is 0 Å². The van der Waals surface area contributed by atoms with Crippen LogP contribution >= 0.6 is 35.4 Å². The Labute approximate surface area is 175 Å². The Balaban J connectivity index is 1.52.